The van der Waals surface area contributed by atoms with Gasteiger partial charge in [0, 0.05) is 5.56 Å². The van der Waals surface area contributed by atoms with Crippen LogP contribution in [0.2, 0.25) is 0 Å². The van der Waals surface area contributed by atoms with Gasteiger partial charge in [-0.1, -0.05) is 55.8 Å². The lowest BCUT2D eigenvalue weighted by atomic mass is 10.0. The Kier molecular flexibility index (Phi) is 7.05. The van der Waals surface area contributed by atoms with Gasteiger partial charge in [0.2, 0.25) is 0 Å². The van der Waals surface area contributed by atoms with E-state index in [1.54, 1.807) is 0 Å². The molecule has 2 aromatic carbocycles. The number of nitro groups is 1. The zero-order valence-electron chi connectivity index (χ0n) is 15.3. The molecule has 1 atom stereocenters. The van der Waals surface area contributed by atoms with Gasteiger partial charge in [-0.05, 0) is 25.0 Å². The van der Waals surface area contributed by atoms with Crippen LogP contribution in [-0.2, 0) is 9.53 Å². The Morgan fingerprint density at radius 1 is 1.15 bits per heavy atom. The quantitative estimate of drug-likeness (QED) is 0.434. The Morgan fingerprint density at radius 3 is 2.48 bits per heavy atom. The Balaban J connectivity index is 2.02. The Hall–Kier alpha value is -3.22. The summed E-state index contributed by atoms with van der Waals surface area (Å²) >= 11 is 0. The number of nitrogens with zero attached hydrogens (tertiary/aromatic N) is 1. The van der Waals surface area contributed by atoms with E-state index in [9.17, 15) is 19.7 Å². The smallest absolute Gasteiger partial charge is 0.345 e. The fourth-order valence-corrected chi connectivity index (χ4v) is 2.81. The molecule has 7 nitrogen and oxygen atoms in total. The third kappa shape index (κ3) is 5.37. The van der Waals surface area contributed by atoms with E-state index in [4.69, 9.17) is 4.74 Å². The van der Waals surface area contributed by atoms with Crippen LogP contribution in [0.15, 0.2) is 48.5 Å². The van der Waals surface area contributed by atoms with Gasteiger partial charge in [-0.2, -0.15) is 0 Å². The second-order valence-corrected chi connectivity index (χ2v) is 6.12. The van der Waals surface area contributed by atoms with Crippen molar-refractivity contribution in [1.82, 2.24) is 5.32 Å². The minimum absolute atomic E-state index is 0.166. The molecule has 1 amide bonds. The van der Waals surface area contributed by atoms with Crippen molar-refractivity contribution < 1.29 is 19.2 Å². The predicted molar refractivity (Wildman–Crippen MR) is 100 cm³/mol. The number of hydrogen-bond acceptors (Lipinski definition) is 5. The number of nitrogens with one attached hydrogen (secondary N) is 1. The normalized spacial score (nSPS) is 11.5. The van der Waals surface area contributed by atoms with Crippen LogP contribution in [0.5, 0.6) is 0 Å². The first-order valence-corrected chi connectivity index (χ1v) is 8.69. The fraction of sp³-hybridized carbons (Fsp3) is 0.300. The third-order valence-electron chi connectivity index (χ3n) is 4.09. The third-order valence-corrected chi connectivity index (χ3v) is 4.09. The number of esters is 1. The molecule has 2 aromatic rings. The molecule has 0 saturated heterocycles. The van der Waals surface area contributed by atoms with E-state index < -0.39 is 23.4 Å². The molecular weight excluding hydrogens is 348 g/mol. The van der Waals surface area contributed by atoms with E-state index in [1.807, 2.05) is 37.3 Å². The highest BCUT2D eigenvalue weighted by Gasteiger charge is 2.24. The molecule has 0 spiro atoms. The highest BCUT2D eigenvalue weighted by atomic mass is 16.6. The molecule has 7 heteroatoms. The number of para-hydroxylation sites is 1. The predicted octanol–water partition coefficient (Wildman–Crippen LogP) is 3.72. The number of carbonyl (C=O) groups is 2. The number of aryl methyl sites for hydroxylation is 1. The first-order valence-electron chi connectivity index (χ1n) is 8.69. The Labute approximate surface area is 157 Å². The second kappa shape index (κ2) is 9.47. The molecule has 142 valence electrons. The van der Waals surface area contributed by atoms with Gasteiger partial charge in [-0.25, -0.2) is 4.79 Å². The van der Waals surface area contributed by atoms with Crippen molar-refractivity contribution in [2.24, 2.45) is 0 Å². The fourth-order valence-electron chi connectivity index (χ4n) is 2.81. The van der Waals surface area contributed by atoms with Crippen molar-refractivity contribution in [2.75, 3.05) is 6.61 Å². The van der Waals surface area contributed by atoms with Crippen LogP contribution >= 0.6 is 0 Å². The molecule has 0 radical (unpaired) electrons. The standard InChI is InChI=1S/C20H22N2O5/c1-3-8-17(15-10-5-4-6-11-15)21-18(23)13-27-20(24)16-12-7-9-14(2)19(16)22(25)26/h4-7,9-12,17H,3,8,13H2,1-2H3,(H,21,23)/t17-/m0/s1. The summed E-state index contributed by atoms with van der Waals surface area (Å²) in [6.45, 7) is 3.05. The molecule has 0 saturated carbocycles. The lowest BCUT2D eigenvalue weighted by molar-refractivity contribution is -0.385. The number of hydrogen-bond donors (Lipinski definition) is 1. The first kappa shape index (κ1) is 20.1. The summed E-state index contributed by atoms with van der Waals surface area (Å²) in [5.74, 6) is -1.35. The van der Waals surface area contributed by atoms with Crippen LogP contribution in [0.4, 0.5) is 5.69 Å². The van der Waals surface area contributed by atoms with Crippen molar-refractivity contribution in [1.29, 1.82) is 0 Å². The van der Waals surface area contributed by atoms with Gasteiger partial charge in [-0.3, -0.25) is 14.9 Å². The monoisotopic (exact) mass is 370 g/mol. The van der Waals surface area contributed by atoms with Gasteiger partial charge in [0.25, 0.3) is 11.6 Å². The SMILES string of the molecule is CCC[C@H](NC(=O)COC(=O)c1cccc(C)c1[N+](=O)[O-])c1ccccc1. The summed E-state index contributed by atoms with van der Waals surface area (Å²) in [5, 5.41) is 14.0. The van der Waals surface area contributed by atoms with E-state index in [0.717, 1.165) is 18.4 Å². The number of rotatable bonds is 8. The van der Waals surface area contributed by atoms with Crippen molar-refractivity contribution in [2.45, 2.75) is 32.7 Å². The Bertz CT molecular complexity index is 820. The topological polar surface area (TPSA) is 98.5 Å². The number of benzene rings is 2. The molecule has 0 bridgehead atoms. The lowest BCUT2D eigenvalue weighted by Crippen LogP contribution is -2.32. The molecule has 0 unspecified atom stereocenters. The number of carbonyl (C=O) groups excluding carboxylic acids is 2. The molecule has 0 aromatic heterocycles. The van der Waals surface area contributed by atoms with E-state index in [2.05, 4.69) is 5.32 Å². The van der Waals surface area contributed by atoms with Crippen LogP contribution in [0.3, 0.4) is 0 Å². The zero-order chi connectivity index (χ0) is 19.8. The van der Waals surface area contributed by atoms with Gasteiger partial charge < -0.3 is 10.1 Å². The van der Waals surface area contributed by atoms with E-state index in [0.29, 0.717) is 5.56 Å². The van der Waals surface area contributed by atoms with Gasteiger partial charge in [0.05, 0.1) is 11.0 Å². The summed E-state index contributed by atoms with van der Waals surface area (Å²) in [4.78, 5) is 35.0. The summed E-state index contributed by atoms with van der Waals surface area (Å²) in [5.41, 5.74) is 0.844. The largest absolute Gasteiger partial charge is 0.452 e. The summed E-state index contributed by atoms with van der Waals surface area (Å²) in [6, 6.07) is 13.7. The summed E-state index contributed by atoms with van der Waals surface area (Å²) in [7, 11) is 0. The van der Waals surface area contributed by atoms with Crippen molar-refractivity contribution in [3.05, 3.63) is 75.3 Å². The lowest BCUT2D eigenvalue weighted by Gasteiger charge is -2.18. The van der Waals surface area contributed by atoms with Crippen LogP contribution in [0, 0.1) is 17.0 Å². The molecule has 0 heterocycles. The minimum atomic E-state index is -0.896. The molecule has 1 N–H and O–H groups in total. The highest BCUT2D eigenvalue weighted by Crippen LogP contribution is 2.24. The van der Waals surface area contributed by atoms with E-state index in [1.165, 1.54) is 25.1 Å². The van der Waals surface area contributed by atoms with Crippen molar-refractivity contribution >= 4 is 17.6 Å². The summed E-state index contributed by atoms with van der Waals surface area (Å²) in [6.07, 6.45) is 1.61. The average Bonchev–Trinajstić information content (AvgIpc) is 2.66. The van der Waals surface area contributed by atoms with Crippen LogP contribution in [0.25, 0.3) is 0 Å². The molecule has 0 aliphatic heterocycles. The highest BCUT2D eigenvalue weighted by molar-refractivity contribution is 5.95. The van der Waals surface area contributed by atoms with Crippen molar-refractivity contribution in [3.8, 4) is 0 Å². The maximum atomic E-state index is 12.2. The maximum Gasteiger partial charge on any atom is 0.345 e. The molecule has 27 heavy (non-hydrogen) atoms. The van der Waals surface area contributed by atoms with E-state index in [-0.39, 0.29) is 17.3 Å². The number of ether oxygens (including phenoxy) is 1. The molecule has 2 rings (SSSR count). The van der Waals surface area contributed by atoms with Gasteiger partial charge in [0.15, 0.2) is 6.61 Å². The zero-order valence-corrected chi connectivity index (χ0v) is 15.3. The van der Waals surface area contributed by atoms with Crippen LogP contribution in [-0.4, -0.2) is 23.4 Å². The first-order chi connectivity index (χ1) is 12.9. The van der Waals surface area contributed by atoms with Crippen LogP contribution in [0.1, 0.15) is 47.3 Å². The average molecular weight is 370 g/mol. The Morgan fingerprint density at radius 2 is 1.85 bits per heavy atom. The molecule has 0 aliphatic carbocycles. The molecule has 0 aliphatic rings. The van der Waals surface area contributed by atoms with Gasteiger partial charge in [0.1, 0.15) is 5.56 Å². The molecule has 0 fully saturated rings. The van der Waals surface area contributed by atoms with E-state index >= 15 is 0 Å². The summed E-state index contributed by atoms with van der Waals surface area (Å²) < 4.78 is 5.00. The van der Waals surface area contributed by atoms with Gasteiger partial charge in [-0.15, -0.1) is 0 Å². The number of nitro benzene ring substituents is 1. The van der Waals surface area contributed by atoms with Crippen molar-refractivity contribution in [3.63, 3.8) is 0 Å². The number of amides is 1. The van der Waals surface area contributed by atoms with Crippen LogP contribution < -0.4 is 5.32 Å². The molecular formula is C20H22N2O5. The maximum absolute atomic E-state index is 12.2. The minimum Gasteiger partial charge on any atom is -0.452 e. The second-order valence-electron chi connectivity index (χ2n) is 6.12. The van der Waals surface area contributed by atoms with Gasteiger partial charge >= 0.3 is 5.97 Å².